The van der Waals surface area contributed by atoms with Gasteiger partial charge in [0.25, 0.3) is 5.91 Å². The Morgan fingerprint density at radius 1 is 1.29 bits per heavy atom. The van der Waals surface area contributed by atoms with E-state index in [1.807, 2.05) is 13.8 Å². The van der Waals surface area contributed by atoms with Gasteiger partial charge in [-0.3, -0.25) is 9.59 Å². The Labute approximate surface area is 204 Å². The molecule has 0 saturated carbocycles. The van der Waals surface area contributed by atoms with Crippen LogP contribution in [0.2, 0.25) is 0 Å². The summed E-state index contributed by atoms with van der Waals surface area (Å²) in [5.74, 6) is -0.652. The minimum absolute atomic E-state index is 0.179. The van der Waals surface area contributed by atoms with E-state index in [1.165, 1.54) is 4.90 Å². The minimum atomic E-state index is -0.629. The second-order valence-corrected chi connectivity index (χ2v) is 9.63. The van der Waals surface area contributed by atoms with Gasteiger partial charge >= 0.3 is 12.1 Å². The molecule has 1 fully saturated rings. The molecule has 0 bridgehead atoms. The Hall–Kier alpha value is -3.74. The van der Waals surface area contributed by atoms with Crippen molar-refractivity contribution in [3.63, 3.8) is 0 Å². The van der Waals surface area contributed by atoms with Crippen LogP contribution in [0.4, 0.5) is 10.6 Å². The number of amides is 2. The molecule has 0 aromatic carbocycles. The van der Waals surface area contributed by atoms with Crippen LogP contribution >= 0.6 is 0 Å². The number of carbonyl (C=O) groups excluding carboxylic acids is 3. The fraction of sp³-hybridized carbons (Fsp3) is 0.520. The number of carbonyl (C=O) groups is 3. The molecular weight excluding hydrogens is 452 g/mol. The number of likely N-dealkylation sites (tertiary alicyclic amines) is 1. The summed E-state index contributed by atoms with van der Waals surface area (Å²) in [4.78, 5) is 39.1. The Bertz CT molecular complexity index is 1120. The van der Waals surface area contributed by atoms with Crippen LogP contribution in [0.15, 0.2) is 22.8 Å². The monoisotopic (exact) mass is 484 g/mol. The number of hydrogen-bond acceptors (Lipinski definition) is 7. The standard InChI is InChI=1S/C25H32N4O6/c1-16-17(2)29(14-19-9-7-11-33-19)22(20(16)12-26)27-21(30)15-34-23(31)18-8-6-10-28(13-18)24(32)35-25(3,4)5/h7,9,11,18H,6,8,10,13-15H2,1-5H3,(H,27,30)/t18-/m1/s1. The molecule has 0 unspecified atom stereocenters. The van der Waals surface area contributed by atoms with Crippen LogP contribution in [-0.2, 0) is 25.6 Å². The molecule has 188 valence electrons. The topological polar surface area (TPSA) is 127 Å². The SMILES string of the molecule is Cc1c(C#N)c(NC(=O)COC(=O)[C@@H]2CCCN(C(=O)OC(C)(C)C)C2)n(Cc2ccco2)c1C. The summed E-state index contributed by atoms with van der Waals surface area (Å²) in [5, 5.41) is 12.4. The van der Waals surface area contributed by atoms with Crippen molar-refractivity contribution < 1.29 is 28.3 Å². The van der Waals surface area contributed by atoms with Gasteiger partial charge in [-0.05, 0) is 65.2 Å². The molecule has 10 nitrogen and oxygen atoms in total. The van der Waals surface area contributed by atoms with Crippen molar-refractivity contribution in [2.45, 2.75) is 59.6 Å². The number of furan rings is 1. The largest absolute Gasteiger partial charge is 0.467 e. The summed E-state index contributed by atoms with van der Waals surface area (Å²) < 4.78 is 17.8. The van der Waals surface area contributed by atoms with E-state index in [0.717, 1.165) is 11.3 Å². The van der Waals surface area contributed by atoms with Crippen molar-refractivity contribution in [1.82, 2.24) is 9.47 Å². The lowest BCUT2D eigenvalue weighted by molar-refractivity contribution is -0.153. The minimum Gasteiger partial charge on any atom is -0.467 e. The van der Waals surface area contributed by atoms with Crippen LogP contribution in [0.3, 0.4) is 0 Å². The average Bonchev–Trinajstić information content (AvgIpc) is 3.39. The first-order valence-electron chi connectivity index (χ1n) is 11.6. The molecule has 0 spiro atoms. The van der Waals surface area contributed by atoms with Gasteiger partial charge in [-0.25, -0.2) is 4.79 Å². The number of rotatable bonds is 6. The Morgan fingerprint density at radius 3 is 2.66 bits per heavy atom. The van der Waals surface area contributed by atoms with E-state index in [9.17, 15) is 19.6 Å². The van der Waals surface area contributed by atoms with Gasteiger partial charge in [-0.1, -0.05) is 0 Å². The molecule has 2 amide bonds. The number of nitrogens with zero attached hydrogens (tertiary/aromatic N) is 3. The van der Waals surface area contributed by atoms with Crippen LogP contribution in [-0.4, -0.2) is 52.7 Å². The van der Waals surface area contributed by atoms with Crippen molar-refractivity contribution in [3.8, 4) is 6.07 Å². The van der Waals surface area contributed by atoms with Crippen LogP contribution in [0.25, 0.3) is 0 Å². The molecular formula is C25H32N4O6. The quantitative estimate of drug-likeness (QED) is 0.619. The van der Waals surface area contributed by atoms with Gasteiger partial charge in [0.2, 0.25) is 0 Å². The first kappa shape index (κ1) is 25.9. The van der Waals surface area contributed by atoms with E-state index in [0.29, 0.717) is 43.1 Å². The molecule has 2 aromatic heterocycles. The second kappa shape index (κ2) is 10.7. The highest BCUT2D eigenvalue weighted by Crippen LogP contribution is 2.27. The third kappa shape index (κ3) is 6.44. The third-order valence-corrected chi connectivity index (χ3v) is 5.84. The molecule has 1 saturated heterocycles. The average molecular weight is 485 g/mol. The fourth-order valence-electron chi connectivity index (χ4n) is 3.97. The normalized spacial score (nSPS) is 15.9. The zero-order valence-electron chi connectivity index (χ0n) is 20.8. The summed E-state index contributed by atoms with van der Waals surface area (Å²) in [5.41, 5.74) is 1.27. The molecule has 35 heavy (non-hydrogen) atoms. The number of ether oxygens (including phenoxy) is 2. The number of aromatic nitrogens is 1. The highest BCUT2D eigenvalue weighted by molar-refractivity contribution is 5.94. The molecule has 0 radical (unpaired) electrons. The van der Waals surface area contributed by atoms with E-state index in [4.69, 9.17) is 13.9 Å². The highest BCUT2D eigenvalue weighted by atomic mass is 16.6. The molecule has 1 N–H and O–H groups in total. The van der Waals surface area contributed by atoms with Gasteiger partial charge in [-0.2, -0.15) is 5.26 Å². The first-order valence-corrected chi connectivity index (χ1v) is 11.6. The molecule has 3 heterocycles. The van der Waals surface area contributed by atoms with Crippen molar-refractivity contribution in [1.29, 1.82) is 5.26 Å². The maximum Gasteiger partial charge on any atom is 0.410 e. The lowest BCUT2D eigenvalue weighted by atomic mass is 9.98. The first-order chi connectivity index (χ1) is 16.5. The van der Waals surface area contributed by atoms with Gasteiger partial charge in [0.1, 0.15) is 23.2 Å². The molecule has 3 rings (SSSR count). The molecule has 2 aromatic rings. The predicted molar refractivity (Wildman–Crippen MR) is 127 cm³/mol. The van der Waals surface area contributed by atoms with Gasteiger partial charge in [0.05, 0.1) is 24.3 Å². The van der Waals surface area contributed by atoms with Crippen LogP contribution in [0.1, 0.15) is 56.2 Å². The van der Waals surface area contributed by atoms with Crippen molar-refractivity contribution in [3.05, 3.63) is 41.0 Å². The zero-order chi connectivity index (χ0) is 25.8. The number of esters is 1. The van der Waals surface area contributed by atoms with E-state index < -0.39 is 36.1 Å². The molecule has 0 aliphatic carbocycles. The number of piperidine rings is 1. The Morgan fingerprint density at radius 2 is 2.03 bits per heavy atom. The molecule has 1 atom stereocenters. The van der Waals surface area contributed by atoms with Gasteiger partial charge in [0.15, 0.2) is 6.61 Å². The summed E-state index contributed by atoms with van der Waals surface area (Å²) in [6.07, 6.45) is 2.28. The number of hydrogen-bond donors (Lipinski definition) is 1. The number of nitriles is 1. The summed E-state index contributed by atoms with van der Waals surface area (Å²) >= 11 is 0. The zero-order valence-corrected chi connectivity index (χ0v) is 20.8. The lowest BCUT2D eigenvalue weighted by Gasteiger charge is -2.33. The fourth-order valence-corrected chi connectivity index (χ4v) is 3.97. The van der Waals surface area contributed by atoms with Gasteiger partial charge < -0.3 is 28.7 Å². The van der Waals surface area contributed by atoms with Crippen LogP contribution in [0, 0.1) is 31.1 Å². The van der Waals surface area contributed by atoms with Gasteiger partial charge in [-0.15, -0.1) is 0 Å². The van der Waals surface area contributed by atoms with E-state index >= 15 is 0 Å². The summed E-state index contributed by atoms with van der Waals surface area (Å²) in [6.45, 7) is 9.52. The molecule has 1 aliphatic rings. The smallest absolute Gasteiger partial charge is 0.410 e. The van der Waals surface area contributed by atoms with Gasteiger partial charge in [0, 0.05) is 18.8 Å². The van der Waals surface area contributed by atoms with Crippen molar-refractivity contribution >= 4 is 23.8 Å². The molecule has 1 aliphatic heterocycles. The summed E-state index contributed by atoms with van der Waals surface area (Å²) in [6, 6.07) is 5.70. The maximum atomic E-state index is 12.7. The van der Waals surface area contributed by atoms with Crippen molar-refractivity contribution in [2.24, 2.45) is 5.92 Å². The van der Waals surface area contributed by atoms with Crippen LogP contribution in [0.5, 0.6) is 0 Å². The van der Waals surface area contributed by atoms with E-state index in [2.05, 4.69) is 11.4 Å². The third-order valence-electron chi connectivity index (χ3n) is 5.84. The van der Waals surface area contributed by atoms with E-state index in [1.54, 1.807) is 43.7 Å². The predicted octanol–water partition coefficient (Wildman–Crippen LogP) is 3.75. The van der Waals surface area contributed by atoms with E-state index in [-0.39, 0.29) is 6.54 Å². The molecule has 10 heteroatoms. The second-order valence-electron chi connectivity index (χ2n) is 9.63. The summed E-state index contributed by atoms with van der Waals surface area (Å²) in [7, 11) is 0. The maximum absolute atomic E-state index is 12.7. The lowest BCUT2D eigenvalue weighted by Crippen LogP contribution is -2.45. The Kier molecular flexibility index (Phi) is 7.89. The number of nitrogens with one attached hydrogen (secondary N) is 1. The van der Waals surface area contributed by atoms with Crippen LogP contribution < -0.4 is 5.32 Å². The van der Waals surface area contributed by atoms with Crippen molar-refractivity contribution in [2.75, 3.05) is 25.0 Å². The Balaban J connectivity index is 1.61. The highest BCUT2D eigenvalue weighted by Gasteiger charge is 2.32. The number of anilines is 1.